The van der Waals surface area contributed by atoms with Gasteiger partial charge >= 0.3 is 0 Å². The van der Waals surface area contributed by atoms with Crippen molar-refractivity contribution in [1.82, 2.24) is 4.73 Å². The number of aromatic nitrogens is 1. The SMILES string of the molecule is Cc1cccc(COn2cccc(C(=O)Nc3ccc(Cl)c(Cl)c3)c2=O)c1. The third-order valence-corrected chi connectivity index (χ3v) is 4.53. The minimum absolute atomic E-state index is 0.0483. The van der Waals surface area contributed by atoms with Gasteiger partial charge in [0.05, 0.1) is 10.0 Å². The smallest absolute Gasteiger partial charge is 0.295 e. The summed E-state index contributed by atoms with van der Waals surface area (Å²) in [5.41, 5.74) is 1.85. The van der Waals surface area contributed by atoms with E-state index in [1.54, 1.807) is 18.2 Å². The van der Waals surface area contributed by atoms with E-state index in [4.69, 9.17) is 28.0 Å². The number of anilines is 1. The molecule has 0 fully saturated rings. The number of carbonyl (C=O) groups excluding carboxylic acids is 1. The average Bonchev–Trinajstić information content (AvgIpc) is 2.64. The number of amides is 1. The van der Waals surface area contributed by atoms with Gasteiger partial charge in [0.1, 0.15) is 12.2 Å². The molecule has 0 unspecified atom stereocenters. The van der Waals surface area contributed by atoms with Crippen LogP contribution in [0.1, 0.15) is 21.5 Å². The molecule has 3 rings (SSSR count). The molecule has 0 atom stereocenters. The summed E-state index contributed by atoms with van der Waals surface area (Å²) >= 11 is 11.8. The fourth-order valence-electron chi connectivity index (χ4n) is 2.47. The number of hydrogen-bond acceptors (Lipinski definition) is 3. The summed E-state index contributed by atoms with van der Waals surface area (Å²) in [7, 11) is 0. The molecule has 0 bridgehead atoms. The molecule has 0 aliphatic heterocycles. The van der Waals surface area contributed by atoms with Crippen molar-refractivity contribution in [3.8, 4) is 0 Å². The Kier molecular flexibility index (Phi) is 5.84. The van der Waals surface area contributed by atoms with Crippen LogP contribution in [0.15, 0.2) is 65.6 Å². The lowest BCUT2D eigenvalue weighted by molar-refractivity contribution is 0.0863. The maximum absolute atomic E-state index is 12.5. The molecule has 1 heterocycles. The van der Waals surface area contributed by atoms with Crippen LogP contribution in [-0.4, -0.2) is 10.6 Å². The molecule has 0 spiro atoms. The highest BCUT2D eigenvalue weighted by Crippen LogP contribution is 2.25. The summed E-state index contributed by atoms with van der Waals surface area (Å²) in [5, 5.41) is 3.31. The van der Waals surface area contributed by atoms with E-state index in [0.29, 0.717) is 15.7 Å². The molecule has 7 heteroatoms. The third kappa shape index (κ3) is 4.70. The summed E-state index contributed by atoms with van der Waals surface area (Å²) in [6.07, 6.45) is 1.47. The third-order valence-electron chi connectivity index (χ3n) is 3.79. The molecule has 0 saturated heterocycles. The highest BCUT2D eigenvalue weighted by atomic mass is 35.5. The Bertz CT molecular complexity index is 1050. The van der Waals surface area contributed by atoms with Gasteiger partial charge in [-0.1, -0.05) is 53.0 Å². The lowest BCUT2D eigenvalue weighted by atomic mass is 10.1. The van der Waals surface area contributed by atoms with Crippen LogP contribution in [0, 0.1) is 6.92 Å². The van der Waals surface area contributed by atoms with Gasteiger partial charge in [0, 0.05) is 11.9 Å². The minimum atomic E-state index is -0.563. The molecule has 1 N–H and O–H groups in total. The predicted molar refractivity (Wildman–Crippen MR) is 107 cm³/mol. The summed E-state index contributed by atoms with van der Waals surface area (Å²) < 4.78 is 1.05. The van der Waals surface area contributed by atoms with Crippen molar-refractivity contribution in [2.45, 2.75) is 13.5 Å². The molecule has 0 aliphatic carbocycles. The van der Waals surface area contributed by atoms with E-state index in [1.165, 1.54) is 18.3 Å². The van der Waals surface area contributed by atoms with Crippen molar-refractivity contribution in [1.29, 1.82) is 0 Å². The Hall–Kier alpha value is -2.76. The fraction of sp³-hybridized carbons (Fsp3) is 0.100. The standard InChI is InChI=1S/C20H16Cl2N2O3/c1-13-4-2-5-14(10-13)12-27-24-9-3-6-16(20(24)26)19(25)23-15-7-8-17(21)18(22)11-15/h2-11H,12H2,1H3,(H,23,25). The van der Waals surface area contributed by atoms with Crippen LogP contribution in [0.25, 0.3) is 0 Å². The monoisotopic (exact) mass is 402 g/mol. The van der Waals surface area contributed by atoms with Gasteiger partial charge in [-0.05, 0) is 42.8 Å². The first-order chi connectivity index (χ1) is 12.9. The van der Waals surface area contributed by atoms with Gasteiger partial charge in [-0.15, -0.1) is 0 Å². The zero-order chi connectivity index (χ0) is 19.4. The van der Waals surface area contributed by atoms with Gasteiger partial charge in [-0.2, -0.15) is 4.73 Å². The Balaban J connectivity index is 1.76. The maximum atomic E-state index is 12.5. The van der Waals surface area contributed by atoms with Crippen LogP contribution in [0.5, 0.6) is 0 Å². The zero-order valence-electron chi connectivity index (χ0n) is 14.4. The molecular formula is C20H16Cl2N2O3. The fourth-order valence-corrected chi connectivity index (χ4v) is 2.77. The van der Waals surface area contributed by atoms with Gasteiger partial charge < -0.3 is 10.2 Å². The van der Waals surface area contributed by atoms with E-state index in [9.17, 15) is 9.59 Å². The summed E-state index contributed by atoms with van der Waals surface area (Å²) in [5.74, 6) is -0.563. The van der Waals surface area contributed by atoms with Crippen molar-refractivity contribution in [2.75, 3.05) is 5.32 Å². The largest absolute Gasteiger partial charge is 0.406 e. The number of nitrogens with zero attached hydrogens (tertiary/aromatic N) is 1. The van der Waals surface area contributed by atoms with Gasteiger partial charge in [-0.3, -0.25) is 9.59 Å². The lowest BCUT2D eigenvalue weighted by Crippen LogP contribution is -2.32. The average molecular weight is 403 g/mol. The van der Waals surface area contributed by atoms with Crippen LogP contribution >= 0.6 is 23.2 Å². The van der Waals surface area contributed by atoms with Crippen molar-refractivity contribution in [3.05, 3.63) is 97.9 Å². The van der Waals surface area contributed by atoms with Gasteiger partial charge in [-0.25, -0.2) is 0 Å². The first kappa shape index (κ1) is 19.0. The Labute approximate surface area is 166 Å². The van der Waals surface area contributed by atoms with E-state index in [2.05, 4.69) is 5.32 Å². The van der Waals surface area contributed by atoms with Gasteiger partial charge in [0.2, 0.25) is 0 Å². The quantitative estimate of drug-likeness (QED) is 0.689. The number of benzene rings is 2. The van der Waals surface area contributed by atoms with Crippen molar-refractivity contribution >= 4 is 34.8 Å². The molecule has 2 aromatic carbocycles. The summed E-state index contributed by atoms with van der Waals surface area (Å²) in [6, 6.07) is 15.4. The van der Waals surface area contributed by atoms with Crippen LogP contribution in [0.4, 0.5) is 5.69 Å². The highest BCUT2D eigenvalue weighted by Gasteiger charge is 2.14. The van der Waals surface area contributed by atoms with Crippen molar-refractivity contribution < 1.29 is 9.63 Å². The second-order valence-electron chi connectivity index (χ2n) is 5.90. The van der Waals surface area contributed by atoms with Crippen LogP contribution in [-0.2, 0) is 6.61 Å². The highest BCUT2D eigenvalue weighted by molar-refractivity contribution is 6.42. The number of nitrogens with one attached hydrogen (secondary N) is 1. The maximum Gasteiger partial charge on any atom is 0.295 e. The molecule has 1 aromatic heterocycles. The van der Waals surface area contributed by atoms with E-state index in [-0.39, 0.29) is 12.2 Å². The summed E-state index contributed by atoms with van der Waals surface area (Å²) in [6.45, 7) is 2.18. The molecule has 3 aromatic rings. The van der Waals surface area contributed by atoms with Crippen LogP contribution in [0.2, 0.25) is 10.0 Å². The molecule has 0 saturated carbocycles. The summed E-state index contributed by atoms with van der Waals surface area (Å²) in [4.78, 5) is 30.5. The molecule has 5 nitrogen and oxygen atoms in total. The topological polar surface area (TPSA) is 60.3 Å². The Morgan fingerprint density at radius 3 is 2.63 bits per heavy atom. The number of rotatable bonds is 5. The van der Waals surface area contributed by atoms with Crippen molar-refractivity contribution in [3.63, 3.8) is 0 Å². The number of hydrogen-bond donors (Lipinski definition) is 1. The molecule has 138 valence electrons. The van der Waals surface area contributed by atoms with Crippen LogP contribution < -0.4 is 15.7 Å². The van der Waals surface area contributed by atoms with E-state index in [0.717, 1.165) is 15.9 Å². The molecular weight excluding hydrogens is 387 g/mol. The predicted octanol–water partition coefficient (Wildman–Crippen LogP) is 4.34. The minimum Gasteiger partial charge on any atom is -0.406 e. The van der Waals surface area contributed by atoms with E-state index >= 15 is 0 Å². The molecule has 27 heavy (non-hydrogen) atoms. The zero-order valence-corrected chi connectivity index (χ0v) is 15.9. The number of halogens is 2. The van der Waals surface area contributed by atoms with E-state index in [1.807, 2.05) is 31.2 Å². The second kappa shape index (κ2) is 8.29. The first-order valence-electron chi connectivity index (χ1n) is 8.11. The lowest BCUT2D eigenvalue weighted by Gasteiger charge is -2.11. The van der Waals surface area contributed by atoms with Gasteiger partial charge in [0.25, 0.3) is 11.5 Å². The van der Waals surface area contributed by atoms with E-state index < -0.39 is 11.5 Å². The Morgan fingerprint density at radius 2 is 1.89 bits per heavy atom. The molecule has 0 radical (unpaired) electrons. The first-order valence-corrected chi connectivity index (χ1v) is 8.86. The normalized spacial score (nSPS) is 10.5. The number of aryl methyl sites for hydroxylation is 1. The number of carbonyl (C=O) groups is 1. The molecule has 1 amide bonds. The second-order valence-corrected chi connectivity index (χ2v) is 6.71. The van der Waals surface area contributed by atoms with Crippen molar-refractivity contribution in [2.24, 2.45) is 0 Å². The number of pyridine rings is 1. The molecule has 0 aliphatic rings. The van der Waals surface area contributed by atoms with Gasteiger partial charge in [0.15, 0.2) is 0 Å². The Morgan fingerprint density at radius 1 is 1.07 bits per heavy atom. The van der Waals surface area contributed by atoms with Crippen LogP contribution in [0.3, 0.4) is 0 Å².